The Kier molecular flexibility index (Phi) is 5.80. The van der Waals surface area contributed by atoms with Crippen LogP contribution in [0.25, 0.3) is 0 Å². The van der Waals surface area contributed by atoms with Crippen LogP contribution >= 0.6 is 0 Å². The van der Waals surface area contributed by atoms with Gasteiger partial charge in [0.05, 0.1) is 6.42 Å². The van der Waals surface area contributed by atoms with Crippen LogP contribution in [0.2, 0.25) is 0 Å². The van der Waals surface area contributed by atoms with E-state index in [1.165, 1.54) is 12.1 Å². The number of carbonyl (C=O) groups excluding carboxylic acids is 1. The number of aliphatic carboxylic acids is 1. The van der Waals surface area contributed by atoms with Gasteiger partial charge >= 0.3 is 5.97 Å². The number of nitrogens with zero attached hydrogens (tertiary/aromatic N) is 1. The molecule has 0 heterocycles. The average Bonchev–Trinajstić information content (AvgIpc) is 2.55. The van der Waals surface area contributed by atoms with Crippen molar-refractivity contribution in [1.82, 2.24) is 0 Å². The quantitative estimate of drug-likeness (QED) is 0.866. The second kappa shape index (κ2) is 7.83. The first kappa shape index (κ1) is 18.5. The highest BCUT2D eigenvalue weighted by molar-refractivity contribution is 6.00. The van der Waals surface area contributed by atoms with E-state index in [1.807, 2.05) is 0 Å². The number of carboxylic acids is 1. The molecular formula is C18H16F3NO3. The number of rotatable bonds is 6. The summed E-state index contributed by atoms with van der Waals surface area (Å²) in [6, 6.07) is 6.36. The van der Waals surface area contributed by atoms with E-state index >= 15 is 0 Å². The van der Waals surface area contributed by atoms with Gasteiger partial charge in [-0.05, 0) is 42.3 Å². The minimum absolute atomic E-state index is 0.0567. The van der Waals surface area contributed by atoms with Gasteiger partial charge in [0.15, 0.2) is 0 Å². The number of halogens is 3. The zero-order chi connectivity index (χ0) is 18.6. The summed E-state index contributed by atoms with van der Waals surface area (Å²) in [7, 11) is 0. The summed E-state index contributed by atoms with van der Waals surface area (Å²) >= 11 is 0. The third kappa shape index (κ3) is 4.37. The lowest BCUT2D eigenvalue weighted by atomic mass is 10.1. The van der Waals surface area contributed by atoms with Gasteiger partial charge in [-0.3, -0.25) is 9.69 Å². The Balaban J connectivity index is 2.38. The monoisotopic (exact) mass is 351 g/mol. The summed E-state index contributed by atoms with van der Waals surface area (Å²) < 4.78 is 39.9. The molecule has 4 nitrogen and oxygen atoms in total. The minimum atomic E-state index is -1.24. The lowest BCUT2D eigenvalue weighted by molar-refractivity contribution is -0.140. The van der Waals surface area contributed by atoms with E-state index in [2.05, 4.69) is 0 Å². The number of benzene rings is 2. The predicted molar refractivity (Wildman–Crippen MR) is 85.7 cm³/mol. The Bertz CT molecular complexity index is 778. The van der Waals surface area contributed by atoms with Crippen molar-refractivity contribution in [2.45, 2.75) is 25.8 Å². The highest BCUT2D eigenvalue weighted by Crippen LogP contribution is 2.22. The van der Waals surface area contributed by atoms with E-state index < -0.39 is 41.8 Å². The highest BCUT2D eigenvalue weighted by Gasteiger charge is 2.30. The summed E-state index contributed by atoms with van der Waals surface area (Å²) in [6.07, 6.45) is -0.350. The maximum absolute atomic E-state index is 13.8. The van der Waals surface area contributed by atoms with Crippen LogP contribution < -0.4 is 4.90 Å². The van der Waals surface area contributed by atoms with E-state index in [0.717, 1.165) is 29.2 Å². The highest BCUT2D eigenvalue weighted by atomic mass is 19.1. The average molecular weight is 351 g/mol. The standard InChI is InChI=1S/C18H16F3NO3/c1-2-16(18(24)25)22(14-7-5-12(19)6-8-14)17(23)9-11-3-4-13(20)10-15(11)21/h3-8,10,16H,2,9H2,1H3,(H,24,25). The summed E-state index contributed by atoms with van der Waals surface area (Å²) in [5.74, 6) is -4.13. The lowest BCUT2D eigenvalue weighted by Crippen LogP contribution is -2.45. The summed E-state index contributed by atoms with van der Waals surface area (Å²) in [6.45, 7) is 1.58. The molecule has 0 aliphatic rings. The van der Waals surface area contributed by atoms with Crippen molar-refractivity contribution in [3.63, 3.8) is 0 Å². The number of carbonyl (C=O) groups is 2. The fourth-order valence-electron chi connectivity index (χ4n) is 2.48. The van der Waals surface area contributed by atoms with Crippen molar-refractivity contribution < 1.29 is 27.9 Å². The molecule has 1 amide bonds. The molecule has 7 heteroatoms. The van der Waals surface area contributed by atoms with Crippen molar-refractivity contribution in [1.29, 1.82) is 0 Å². The molecule has 0 saturated heterocycles. The fraction of sp³-hybridized carbons (Fsp3) is 0.222. The van der Waals surface area contributed by atoms with Crippen LogP contribution in [0.1, 0.15) is 18.9 Å². The van der Waals surface area contributed by atoms with Crippen molar-refractivity contribution in [3.8, 4) is 0 Å². The van der Waals surface area contributed by atoms with Gasteiger partial charge in [-0.25, -0.2) is 18.0 Å². The maximum atomic E-state index is 13.8. The Morgan fingerprint density at radius 1 is 1.04 bits per heavy atom. The van der Waals surface area contributed by atoms with Crippen molar-refractivity contribution in [3.05, 3.63) is 65.5 Å². The minimum Gasteiger partial charge on any atom is -0.480 e. The Hall–Kier alpha value is -2.83. The van der Waals surface area contributed by atoms with Gasteiger partial charge in [0.1, 0.15) is 23.5 Å². The summed E-state index contributed by atoms with van der Waals surface area (Å²) in [5, 5.41) is 9.37. The molecule has 0 saturated carbocycles. The van der Waals surface area contributed by atoms with Crippen LogP contribution in [-0.4, -0.2) is 23.0 Å². The van der Waals surface area contributed by atoms with Gasteiger partial charge in [0, 0.05) is 11.8 Å². The van der Waals surface area contributed by atoms with Crippen molar-refractivity contribution >= 4 is 17.6 Å². The zero-order valence-corrected chi connectivity index (χ0v) is 13.4. The number of carboxylic acid groups (broad SMARTS) is 1. The Morgan fingerprint density at radius 2 is 1.64 bits per heavy atom. The number of anilines is 1. The largest absolute Gasteiger partial charge is 0.480 e. The molecule has 2 aromatic rings. The van der Waals surface area contributed by atoms with Gasteiger partial charge in [-0.15, -0.1) is 0 Å². The third-order valence-electron chi connectivity index (χ3n) is 3.71. The number of amides is 1. The summed E-state index contributed by atoms with van der Waals surface area (Å²) in [4.78, 5) is 25.1. The van der Waals surface area contributed by atoms with E-state index in [4.69, 9.17) is 0 Å². The van der Waals surface area contributed by atoms with Gasteiger partial charge in [0.2, 0.25) is 5.91 Å². The molecule has 132 valence electrons. The lowest BCUT2D eigenvalue weighted by Gasteiger charge is -2.28. The van der Waals surface area contributed by atoms with Gasteiger partial charge < -0.3 is 5.11 Å². The van der Waals surface area contributed by atoms with Gasteiger partial charge in [0.25, 0.3) is 0 Å². The molecule has 25 heavy (non-hydrogen) atoms. The molecule has 2 aromatic carbocycles. The number of hydrogen-bond donors (Lipinski definition) is 1. The first-order chi connectivity index (χ1) is 11.8. The Morgan fingerprint density at radius 3 is 2.16 bits per heavy atom. The van der Waals surface area contributed by atoms with Crippen LogP contribution in [0.3, 0.4) is 0 Å². The van der Waals surface area contributed by atoms with E-state index in [9.17, 15) is 27.9 Å². The van der Waals surface area contributed by atoms with Crippen LogP contribution in [0.4, 0.5) is 18.9 Å². The first-order valence-electron chi connectivity index (χ1n) is 7.57. The second-order valence-corrected chi connectivity index (χ2v) is 5.41. The van der Waals surface area contributed by atoms with Gasteiger partial charge in [-0.1, -0.05) is 13.0 Å². The molecule has 1 unspecified atom stereocenters. The van der Waals surface area contributed by atoms with Crippen LogP contribution in [0, 0.1) is 17.5 Å². The van der Waals surface area contributed by atoms with E-state index in [0.29, 0.717) is 6.07 Å². The van der Waals surface area contributed by atoms with Crippen LogP contribution in [-0.2, 0) is 16.0 Å². The number of hydrogen-bond acceptors (Lipinski definition) is 2. The molecule has 0 spiro atoms. The fourth-order valence-corrected chi connectivity index (χ4v) is 2.48. The molecule has 0 aromatic heterocycles. The molecule has 0 bridgehead atoms. The topological polar surface area (TPSA) is 57.6 Å². The van der Waals surface area contributed by atoms with Crippen LogP contribution in [0.5, 0.6) is 0 Å². The molecule has 1 atom stereocenters. The molecule has 1 N–H and O–H groups in total. The smallest absolute Gasteiger partial charge is 0.326 e. The van der Waals surface area contributed by atoms with Gasteiger partial charge in [-0.2, -0.15) is 0 Å². The molecule has 2 rings (SSSR count). The van der Waals surface area contributed by atoms with Crippen molar-refractivity contribution in [2.75, 3.05) is 4.90 Å². The molecular weight excluding hydrogens is 335 g/mol. The summed E-state index contributed by atoms with van der Waals surface area (Å²) in [5.41, 5.74) is 0.127. The van der Waals surface area contributed by atoms with E-state index in [-0.39, 0.29) is 17.7 Å². The molecule has 0 aliphatic carbocycles. The molecule has 0 fully saturated rings. The molecule has 0 radical (unpaired) electrons. The van der Waals surface area contributed by atoms with Crippen LogP contribution in [0.15, 0.2) is 42.5 Å². The SMILES string of the molecule is CCC(C(=O)O)N(C(=O)Cc1ccc(F)cc1F)c1ccc(F)cc1. The Labute approximate surface area is 142 Å². The van der Waals surface area contributed by atoms with E-state index in [1.54, 1.807) is 6.92 Å². The molecule has 0 aliphatic heterocycles. The predicted octanol–water partition coefficient (Wildman–Crippen LogP) is 3.54. The zero-order valence-electron chi connectivity index (χ0n) is 13.4. The normalized spacial score (nSPS) is 11.8. The third-order valence-corrected chi connectivity index (χ3v) is 3.71. The van der Waals surface area contributed by atoms with Crippen molar-refractivity contribution in [2.24, 2.45) is 0 Å². The second-order valence-electron chi connectivity index (χ2n) is 5.41. The maximum Gasteiger partial charge on any atom is 0.326 e. The first-order valence-corrected chi connectivity index (χ1v) is 7.57.